The summed E-state index contributed by atoms with van der Waals surface area (Å²) in [6.07, 6.45) is 1.78. The van der Waals surface area contributed by atoms with Gasteiger partial charge in [-0.15, -0.1) is 11.6 Å². The number of halogens is 1. The average Bonchev–Trinajstić information content (AvgIpc) is 2.48. The summed E-state index contributed by atoms with van der Waals surface area (Å²) in [6.45, 7) is 0. The maximum atomic E-state index is 5.80. The van der Waals surface area contributed by atoms with Crippen molar-refractivity contribution >= 4 is 22.5 Å². The van der Waals surface area contributed by atoms with Crippen molar-refractivity contribution in [3.05, 3.63) is 66.4 Å². The van der Waals surface area contributed by atoms with Gasteiger partial charge in [0, 0.05) is 23.5 Å². The molecule has 0 unspecified atom stereocenters. The molecular weight excluding hydrogens is 258 g/mol. The zero-order valence-corrected chi connectivity index (χ0v) is 11.0. The maximum absolute atomic E-state index is 5.80. The van der Waals surface area contributed by atoms with E-state index in [-0.39, 0.29) is 0 Å². The summed E-state index contributed by atoms with van der Waals surface area (Å²) in [5, 5.41) is 1.10. The molecule has 1 heterocycles. The lowest BCUT2D eigenvalue weighted by molar-refractivity contribution is 0.483. The van der Waals surface area contributed by atoms with Gasteiger partial charge in [0.25, 0.3) is 0 Å². The molecule has 3 heteroatoms. The number of aromatic nitrogens is 1. The van der Waals surface area contributed by atoms with Crippen molar-refractivity contribution in [2.45, 2.75) is 5.88 Å². The average molecular weight is 270 g/mol. The summed E-state index contributed by atoms with van der Waals surface area (Å²) >= 11 is 5.76. The number of benzene rings is 2. The minimum atomic E-state index is 0.514. The van der Waals surface area contributed by atoms with E-state index in [0.717, 1.165) is 28.0 Å². The zero-order valence-electron chi connectivity index (χ0n) is 10.2. The molecule has 0 aliphatic heterocycles. The number of nitrogens with zero attached hydrogens (tertiary/aromatic N) is 1. The van der Waals surface area contributed by atoms with Crippen LogP contribution in [0.4, 0.5) is 0 Å². The second-order valence-electron chi connectivity index (χ2n) is 4.24. The highest BCUT2D eigenvalue weighted by Crippen LogP contribution is 2.25. The Labute approximate surface area is 116 Å². The van der Waals surface area contributed by atoms with Crippen molar-refractivity contribution < 1.29 is 4.74 Å². The Hall–Kier alpha value is -2.06. The van der Waals surface area contributed by atoms with Crippen LogP contribution in [-0.4, -0.2) is 4.98 Å². The molecule has 0 amide bonds. The van der Waals surface area contributed by atoms with Gasteiger partial charge in [-0.2, -0.15) is 0 Å². The third kappa shape index (κ3) is 2.69. The lowest BCUT2D eigenvalue weighted by Gasteiger charge is -2.07. The predicted octanol–water partition coefficient (Wildman–Crippen LogP) is 4.77. The lowest BCUT2D eigenvalue weighted by Crippen LogP contribution is -1.86. The van der Waals surface area contributed by atoms with Crippen LogP contribution in [0.25, 0.3) is 10.9 Å². The first-order valence-electron chi connectivity index (χ1n) is 6.03. The van der Waals surface area contributed by atoms with Crippen LogP contribution in [0.3, 0.4) is 0 Å². The number of rotatable bonds is 3. The maximum Gasteiger partial charge on any atom is 0.129 e. The molecule has 0 saturated carbocycles. The number of alkyl halides is 1. The molecule has 19 heavy (non-hydrogen) atoms. The van der Waals surface area contributed by atoms with Crippen LogP contribution in [0, 0.1) is 0 Å². The van der Waals surface area contributed by atoms with Crippen molar-refractivity contribution in [3.63, 3.8) is 0 Å². The molecule has 0 spiro atoms. The molecule has 0 aliphatic carbocycles. The first-order valence-corrected chi connectivity index (χ1v) is 6.56. The highest BCUT2D eigenvalue weighted by Gasteiger charge is 2.00. The molecule has 0 saturated heterocycles. The van der Waals surface area contributed by atoms with Crippen LogP contribution in [0.15, 0.2) is 60.8 Å². The Kier molecular flexibility index (Phi) is 3.34. The highest BCUT2D eigenvalue weighted by molar-refractivity contribution is 6.17. The first-order chi connectivity index (χ1) is 9.35. The Morgan fingerprint density at radius 3 is 2.53 bits per heavy atom. The van der Waals surface area contributed by atoms with E-state index < -0.39 is 0 Å². The van der Waals surface area contributed by atoms with E-state index in [1.165, 1.54) is 0 Å². The number of pyridine rings is 1. The summed E-state index contributed by atoms with van der Waals surface area (Å²) in [4.78, 5) is 4.31. The van der Waals surface area contributed by atoms with Gasteiger partial charge in [0.15, 0.2) is 0 Å². The summed E-state index contributed by atoms with van der Waals surface area (Å²) < 4.78 is 5.80. The van der Waals surface area contributed by atoms with Crippen molar-refractivity contribution in [1.29, 1.82) is 0 Å². The van der Waals surface area contributed by atoms with Crippen molar-refractivity contribution in [2.75, 3.05) is 0 Å². The Morgan fingerprint density at radius 2 is 1.74 bits per heavy atom. The van der Waals surface area contributed by atoms with E-state index in [4.69, 9.17) is 16.3 Å². The van der Waals surface area contributed by atoms with Crippen LogP contribution >= 0.6 is 11.6 Å². The highest BCUT2D eigenvalue weighted by atomic mass is 35.5. The van der Waals surface area contributed by atoms with Gasteiger partial charge in [0.2, 0.25) is 0 Å². The molecule has 0 bridgehead atoms. The van der Waals surface area contributed by atoms with Gasteiger partial charge in [-0.25, -0.2) is 0 Å². The Morgan fingerprint density at radius 1 is 0.947 bits per heavy atom. The monoisotopic (exact) mass is 269 g/mol. The predicted molar refractivity (Wildman–Crippen MR) is 77.8 cm³/mol. The Balaban J connectivity index is 1.87. The smallest absolute Gasteiger partial charge is 0.129 e. The van der Waals surface area contributed by atoms with Gasteiger partial charge in [0.1, 0.15) is 11.5 Å². The molecule has 0 N–H and O–H groups in total. The molecule has 0 atom stereocenters. The van der Waals surface area contributed by atoms with Crippen LogP contribution in [0.1, 0.15) is 5.56 Å². The third-order valence-electron chi connectivity index (χ3n) is 2.89. The SMILES string of the molecule is ClCc1ccc(Oc2ccc3cccnc3c2)cc1. The summed E-state index contributed by atoms with van der Waals surface area (Å²) in [5.74, 6) is 2.09. The number of fused-ring (bicyclic) bond motifs is 1. The van der Waals surface area contributed by atoms with Crippen LogP contribution < -0.4 is 4.74 Å². The van der Waals surface area contributed by atoms with Crippen LogP contribution in [0.5, 0.6) is 11.5 Å². The zero-order chi connectivity index (χ0) is 13.1. The van der Waals surface area contributed by atoms with Crippen molar-refractivity contribution in [3.8, 4) is 11.5 Å². The fraction of sp³-hybridized carbons (Fsp3) is 0.0625. The minimum absolute atomic E-state index is 0.514. The van der Waals surface area contributed by atoms with Gasteiger partial charge < -0.3 is 4.74 Å². The van der Waals surface area contributed by atoms with E-state index in [1.54, 1.807) is 6.20 Å². The molecule has 2 nitrogen and oxygen atoms in total. The largest absolute Gasteiger partial charge is 0.457 e. The second kappa shape index (κ2) is 5.29. The lowest BCUT2D eigenvalue weighted by atomic mass is 10.2. The van der Waals surface area contributed by atoms with Gasteiger partial charge in [-0.1, -0.05) is 18.2 Å². The molecule has 0 aliphatic rings. The number of ether oxygens (including phenoxy) is 1. The topological polar surface area (TPSA) is 22.1 Å². The van der Waals surface area contributed by atoms with E-state index >= 15 is 0 Å². The molecule has 0 fully saturated rings. The number of hydrogen-bond acceptors (Lipinski definition) is 2. The van der Waals surface area contributed by atoms with Gasteiger partial charge >= 0.3 is 0 Å². The fourth-order valence-corrected chi connectivity index (χ4v) is 2.07. The van der Waals surface area contributed by atoms with Crippen molar-refractivity contribution in [2.24, 2.45) is 0 Å². The second-order valence-corrected chi connectivity index (χ2v) is 4.50. The molecule has 2 aromatic carbocycles. The van der Waals surface area contributed by atoms with Gasteiger partial charge in [-0.05, 0) is 35.9 Å². The first kappa shape index (κ1) is 12.0. The van der Waals surface area contributed by atoms with Gasteiger partial charge in [0.05, 0.1) is 5.52 Å². The molecular formula is C16H12ClNO. The van der Waals surface area contributed by atoms with E-state index in [2.05, 4.69) is 4.98 Å². The van der Waals surface area contributed by atoms with Crippen LogP contribution in [-0.2, 0) is 5.88 Å². The van der Waals surface area contributed by atoms with E-state index in [1.807, 2.05) is 54.6 Å². The fourth-order valence-electron chi connectivity index (χ4n) is 1.89. The van der Waals surface area contributed by atoms with E-state index in [0.29, 0.717) is 5.88 Å². The Bertz CT molecular complexity index is 694. The summed E-state index contributed by atoms with van der Waals surface area (Å²) in [6, 6.07) is 17.6. The van der Waals surface area contributed by atoms with Crippen LogP contribution in [0.2, 0.25) is 0 Å². The summed E-state index contributed by atoms with van der Waals surface area (Å²) in [5.41, 5.74) is 2.01. The molecule has 3 aromatic rings. The molecule has 1 aromatic heterocycles. The minimum Gasteiger partial charge on any atom is -0.457 e. The van der Waals surface area contributed by atoms with Gasteiger partial charge in [-0.3, -0.25) is 4.98 Å². The quantitative estimate of drug-likeness (QED) is 0.639. The molecule has 0 radical (unpaired) electrons. The molecule has 3 rings (SSSR count). The standard InChI is InChI=1S/C16H12ClNO/c17-11-12-3-6-14(7-4-12)19-15-8-5-13-2-1-9-18-16(13)10-15/h1-10H,11H2. The van der Waals surface area contributed by atoms with E-state index in [9.17, 15) is 0 Å². The molecule has 94 valence electrons. The summed E-state index contributed by atoms with van der Waals surface area (Å²) in [7, 11) is 0. The number of hydrogen-bond donors (Lipinski definition) is 0. The normalized spacial score (nSPS) is 10.6. The third-order valence-corrected chi connectivity index (χ3v) is 3.20. The van der Waals surface area contributed by atoms with Crippen molar-refractivity contribution in [1.82, 2.24) is 4.98 Å².